The summed E-state index contributed by atoms with van der Waals surface area (Å²) in [5.74, 6) is 0. The van der Waals surface area contributed by atoms with Crippen molar-refractivity contribution in [3.05, 3.63) is 0 Å². The maximum absolute atomic E-state index is 8.52. The zero-order chi connectivity index (χ0) is 11.0. The first-order chi connectivity index (χ1) is 6.55. The predicted molar refractivity (Wildman–Crippen MR) is 55.2 cm³/mol. The van der Waals surface area contributed by atoms with E-state index < -0.39 is 0 Å². The molecule has 0 aromatic carbocycles. The lowest BCUT2D eigenvalue weighted by atomic mass is 9.96. The van der Waals surface area contributed by atoms with Crippen molar-refractivity contribution in [3.8, 4) is 12.1 Å². The highest BCUT2D eigenvalue weighted by Crippen LogP contribution is 2.10. The Morgan fingerprint density at radius 2 is 1.79 bits per heavy atom. The molecule has 0 aliphatic heterocycles. The molecule has 0 amide bonds. The number of rotatable bonds is 6. The van der Waals surface area contributed by atoms with Gasteiger partial charge >= 0.3 is 0 Å². The Kier molecular flexibility index (Phi) is 5.87. The third kappa shape index (κ3) is 5.53. The molecular weight excluding hydrogens is 176 g/mol. The average molecular weight is 194 g/mol. The van der Waals surface area contributed by atoms with Gasteiger partial charge < -0.3 is 5.73 Å². The molecule has 4 nitrogen and oxygen atoms in total. The van der Waals surface area contributed by atoms with Crippen LogP contribution in [0.25, 0.3) is 0 Å². The van der Waals surface area contributed by atoms with Gasteiger partial charge in [0.15, 0.2) is 0 Å². The molecular formula is C10H18N4. The second kappa shape index (κ2) is 6.37. The second-order valence-corrected chi connectivity index (χ2v) is 3.78. The summed E-state index contributed by atoms with van der Waals surface area (Å²) in [6, 6.07) is 4.08. The number of hydrogen-bond acceptors (Lipinski definition) is 4. The molecule has 0 saturated carbocycles. The summed E-state index contributed by atoms with van der Waals surface area (Å²) >= 11 is 0. The lowest BCUT2D eigenvalue weighted by molar-refractivity contribution is 0.287. The van der Waals surface area contributed by atoms with Crippen LogP contribution in [0.3, 0.4) is 0 Å². The largest absolute Gasteiger partial charge is 0.325 e. The van der Waals surface area contributed by atoms with E-state index in [4.69, 9.17) is 16.3 Å². The minimum Gasteiger partial charge on any atom is -0.325 e. The maximum Gasteiger partial charge on any atom is 0.0874 e. The molecule has 0 fully saturated rings. The second-order valence-electron chi connectivity index (χ2n) is 3.78. The fourth-order valence-electron chi connectivity index (χ4n) is 1.00. The summed E-state index contributed by atoms with van der Waals surface area (Å²) in [5.41, 5.74) is 5.77. The van der Waals surface area contributed by atoms with Gasteiger partial charge in [-0.3, -0.25) is 4.90 Å². The Morgan fingerprint density at radius 1 is 1.29 bits per heavy atom. The monoisotopic (exact) mass is 194 g/mol. The third-order valence-corrected chi connectivity index (χ3v) is 2.40. The molecule has 1 atom stereocenters. The smallest absolute Gasteiger partial charge is 0.0874 e. The zero-order valence-electron chi connectivity index (χ0n) is 8.95. The summed E-state index contributed by atoms with van der Waals surface area (Å²) < 4.78 is 0. The minimum absolute atomic E-state index is 0.191. The molecule has 0 aromatic heterocycles. The van der Waals surface area contributed by atoms with Gasteiger partial charge in [0.25, 0.3) is 0 Å². The van der Waals surface area contributed by atoms with Crippen LogP contribution in [0.5, 0.6) is 0 Å². The van der Waals surface area contributed by atoms with Crippen molar-refractivity contribution in [1.82, 2.24) is 4.90 Å². The third-order valence-electron chi connectivity index (χ3n) is 2.40. The van der Waals surface area contributed by atoms with Crippen LogP contribution in [-0.4, -0.2) is 30.1 Å². The van der Waals surface area contributed by atoms with E-state index in [2.05, 4.69) is 0 Å². The molecule has 14 heavy (non-hydrogen) atoms. The molecule has 2 N–H and O–H groups in total. The zero-order valence-corrected chi connectivity index (χ0v) is 8.95. The highest BCUT2D eigenvalue weighted by Gasteiger charge is 2.16. The van der Waals surface area contributed by atoms with Crippen LogP contribution < -0.4 is 5.73 Å². The molecule has 0 saturated heterocycles. The van der Waals surface area contributed by atoms with E-state index in [1.54, 1.807) is 4.90 Å². The van der Waals surface area contributed by atoms with Crippen molar-refractivity contribution in [3.63, 3.8) is 0 Å². The molecule has 0 aliphatic carbocycles. The molecule has 0 heterocycles. The maximum atomic E-state index is 8.52. The number of nitrogens with zero attached hydrogens (tertiary/aromatic N) is 3. The Hall–Kier alpha value is -1.10. The van der Waals surface area contributed by atoms with Gasteiger partial charge in [0.2, 0.25) is 0 Å². The van der Waals surface area contributed by atoms with E-state index in [0.717, 1.165) is 12.8 Å². The molecule has 0 radical (unpaired) electrons. The van der Waals surface area contributed by atoms with Crippen LogP contribution >= 0.6 is 0 Å². The van der Waals surface area contributed by atoms with Crippen LogP contribution in [0.15, 0.2) is 0 Å². The van der Waals surface area contributed by atoms with Gasteiger partial charge in [-0.05, 0) is 19.8 Å². The number of nitriles is 2. The van der Waals surface area contributed by atoms with E-state index in [1.165, 1.54) is 0 Å². The molecule has 4 heteroatoms. The Labute approximate surface area is 85.9 Å². The minimum atomic E-state index is -0.191. The molecule has 78 valence electrons. The normalized spacial score (nSPS) is 14.4. The number of nitrogens with two attached hydrogens (primary N) is 1. The van der Waals surface area contributed by atoms with Crippen LogP contribution in [0.4, 0.5) is 0 Å². The standard InChI is InChI=1S/C10H18N4/c1-3-10(2,13)4-7-14(8-5-11)9-6-12/h3-4,7-9,13H2,1-2H3. The lowest BCUT2D eigenvalue weighted by Crippen LogP contribution is -2.40. The SMILES string of the molecule is CCC(C)(N)CCN(CC#N)CC#N. The van der Waals surface area contributed by atoms with Crippen molar-refractivity contribution in [1.29, 1.82) is 10.5 Å². The van der Waals surface area contributed by atoms with Gasteiger partial charge in [0, 0.05) is 12.1 Å². The summed E-state index contributed by atoms with van der Waals surface area (Å²) in [5, 5.41) is 17.0. The summed E-state index contributed by atoms with van der Waals surface area (Å²) in [6.45, 7) is 5.34. The predicted octanol–water partition coefficient (Wildman–Crippen LogP) is 0.853. The van der Waals surface area contributed by atoms with Crippen molar-refractivity contribution in [2.75, 3.05) is 19.6 Å². The van der Waals surface area contributed by atoms with Gasteiger partial charge in [-0.15, -0.1) is 0 Å². The van der Waals surface area contributed by atoms with Crippen molar-refractivity contribution >= 4 is 0 Å². The molecule has 0 aromatic rings. The van der Waals surface area contributed by atoms with Crippen molar-refractivity contribution in [2.24, 2.45) is 5.73 Å². The molecule has 0 spiro atoms. The van der Waals surface area contributed by atoms with Crippen LogP contribution in [-0.2, 0) is 0 Å². The Bertz CT molecular complexity index is 217. The van der Waals surface area contributed by atoms with Gasteiger partial charge in [-0.1, -0.05) is 6.92 Å². The lowest BCUT2D eigenvalue weighted by Gasteiger charge is -2.25. The van der Waals surface area contributed by atoms with E-state index in [0.29, 0.717) is 19.6 Å². The highest BCUT2D eigenvalue weighted by molar-refractivity contribution is 4.86. The molecule has 0 bridgehead atoms. The molecule has 1 unspecified atom stereocenters. The van der Waals surface area contributed by atoms with Crippen LogP contribution in [0.1, 0.15) is 26.7 Å². The summed E-state index contributed by atoms with van der Waals surface area (Å²) in [6.07, 6.45) is 1.72. The summed E-state index contributed by atoms with van der Waals surface area (Å²) in [7, 11) is 0. The van der Waals surface area contributed by atoms with Crippen LogP contribution in [0, 0.1) is 22.7 Å². The van der Waals surface area contributed by atoms with Crippen molar-refractivity contribution < 1.29 is 0 Å². The van der Waals surface area contributed by atoms with E-state index >= 15 is 0 Å². The number of hydrogen-bond donors (Lipinski definition) is 1. The van der Waals surface area contributed by atoms with Gasteiger partial charge in [-0.25, -0.2) is 0 Å². The molecule has 0 aliphatic rings. The Balaban J connectivity index is 3.95. The first-order valence-electron chi connectivity index (χ1n) is 4.81. The quantitative estimate of drug-likeness (QED) is 0.636. The van der Waals surface area contributed by atoms with E-state index in [9.17, 15) is 0 Å². The van der Waals surface area contributed by atoms with Crippen LogP contribution in [0.2, 0.25) is 0 Å². The van der Waals surface area contributed by atoms with Crippen molar-refractivity contribution in [2.45, 2.75) is 32.2 Å². The van der Waals surface area contributed by atoms with E-state index in [-0.39, 0.29) is 5.54 Å². The first kappa shape index (κ1) is 12.9. The van der Waals surface area contributed by atoms with E-state index in [1.807, 2.05) is 26.0 Å². The summed E-state index contributed by atoms with van der Waals surface area (Å²) in [4.78, 5) is 1.81. The molecule has 0 rings (SSSR count). The highest BCUT2D eigenvalue weighted by atomic mass is 15.1. The topological polar surface area (TPSA) is 76.8 Å². The van der Waals surface area contributed by atoms with Gasteiger partial charge in [0.05, 0.1) is 25.2 Å². The average Bonchev–Trinajstić information content (AvgIpc) is 2.15. The van der Waals surface area contributed by atoms with Gasteiger partial charge in [-0.2, -0.15) is 10.5 Å². The van der Waals surface area contributed by atoms with Gasteiger partial charge in [0.1, 0.15) is 0 Å². The Morgan fingerprint density at radius 3 is 2.14 bits per heavy atom. The fourth-order valence-corrected chi connectivity index (χ4v) is 1.00. The fraction of sp³-hybridized carbons (Fsp3) is 0.800. The first-order valence-corrected chi connectivity index (χ1v) is 4.81.